The van der Waals surface area contributed by atoms with Crippen molar-refractivity contribution in [3.63, 3.8) is 0 Å². The largest absolute Gasteiger partial charge is 0.444 e. The maximum Gasteiger partial charge on any atom is 0.413 e. The van der Waals surface area contributed by atoms with Gasteiger partial charge >= 0.3 is 6.09 Å². The first kappa shape index (κ1) is 24.8. The zero-order valence-electron chi connectivity index (χ0n) is 19.9. The molecule has 1 saturated heterocycles. The van der Waals surface area contributed by atoms with Gasteiger partial charge in [0.2, 0.25) is 0 Å². The number of rotatable bonds is 4. The van der Waals surface area contributed by atoms with Crippen molar-refractivity contribution in [2.24, 2.45) is 10.9 Å². The summed E-state index contributed by atoms with van der Waals surface area (Å²) in [6.07, 6.45) is 3.92. The van der Waals surface area contributed by atoms with E-state index in [0.29, 0.717) is 6.42 Å². The predicted molar refractivity (Wildman–Crippen MR) is 120 cm³/mol. The van der Waals surface area contributed by atoms with Gasteiger partial charge in [-0.1, -0.05) is 33.8 Å². The molecule has 0 bridgehead atoms. The third kappa shape index (κ3) is 6.25. The molecule has 0 aliphatic carbocycles. The number of nitrogens with one attached hydrogen (secondary N) is 1. The zero-order chi connectivity index (χ0) is 22.9. The van der Waals surface area contributed by atoms with Crippen molar-refractivity contribution < 1.29 is 23.5 Å². The number of carbonyl (C=O) groups is 2. The smallest absolute Gasteiger partial charge is 0.413 e. The number of hydrogen-bond donors (Lipinski definition) is 1. The second-order valence-corrected chi connectivity index (χ2v) is 15.4. The van der Waals surface area contributed by atoms with Crippen LogP contribution in [0.25, 0.3) is 0 Å². The number of amides is 2. The van der Waals surface area contributed by atoms with E-state index in [1.54, 1.807) is 32.9 Å². The quantitative estimate of drug-likeness (QED) is 0.649. The Morgan fingerprint density at radius 3 is 2.40 bits per heavy atom. The summed E-state index contributed by atoms with van der Waals surface area (Å²) in [4.78, 5) is 28.6. The van der Waals surface area contributed by atoms with Crippen LogP contribution in [-0.4, -0.2) is 50.1 Å². The van der Waals surface area contributed by atoms with Gasteiger partial charge in [-0.3, -0.25) is 10.1 Å². The average molecular weight is 439 g/mol. The summed E-state index contributed by atoms with van der Waals surface area (Å²) in [5.74, 6) is -0.614. The highest BCUT2D eigenvalue weighted by Crippen LogP contribution is 2.41. The van der Waals surface area contributed by atoms with Crippen molar-refractivity contribution in [2.45, 2.75) is 103 Å². The maximum absolute atomic E-state index is 12.7. The molecule has 170 valence electrons. The van der Waals surface area contributed by atoms with Crippen LogP contribution in [0.4, 0.5) is 4.79 Å². The fourth-order valence-corrected chi connectivity index (χ4v) is 4.64. The van der Waals surface area contributed by atoms with E-state index in [4.69, 9.17) is 13.9 Å². The van der Waals surface area contributed by atoms with E-state index in [2.05, 4.69) is 51.1 Å². The lowest BCUT2D eigenvalue weighted by molar-refractivity contribution is -0.124. The van der Waals surface area contributed by atoms with Crippen molar-refractivity contribution in [3.8, 4) is 0 Å². The van der Waals surface area contributed by atoms with Crippen LogP contribution in [-0.2, 0) is 18.7 Å². The Kier molecular flexibility index (Phi) is 7.36. The molecule has 2 rings (SSSR count). The van der Waals surface area contributed by atoms with Crippen molar-refractivity contribution >= 4 is 26.2 Å². The minimum atomic E-state index is -1.95. The fraction of sp³-hybridized carbons (Fsp3) is 0.773. The lowest BCUT2D eigenvalue weighted by Crippen LogP contribution is -2.45. The molecular formula is C22H38N2O5Si. The van der Waals surface area contributed by atoms with Crippen LogP contribution in [0.15, 0.2) is 17.1 Å². The van der Waals surface area contributed by atoms with Gasteiger partial charge in [0.05, 0.1) is 24.2 Å². The Morgan fingerprint density at radius 1 is 1.27 bits per heavy atom. The van der Waals surface area contributed by atoms with E-state index < -0.39 is 25.9 Å². The number of ether oxygens (including phenoxy) is 2. The Hall–Kier alpha value is -1.51. The summed E-state index contributed by atoms with van der Waals surface area (Å²) in [5.41, 5.74) is -0.623. The number of amidine groups is 1. The van der Waals surface area contributed by atoms with Crippen LogP contribution >= 0.6 is 0 Å². The minimum absolute atomic E-state index is 0.0210. The number of nitrogens with zero attached hydrogens (tertiary/aromatic N) is 1. The highest BCUT2D eigenvalue weighted by atomic mass is 28.4. The van der Waals surface area contributed by atoms with Crippen LogP contribution in [0.5, 0.6) is 0 Å². The van der Waals surface area contributed by atoms with Crippen molar-refractivity contribution in [1.82, 2.24) is 5.32 Å². The van der Waals surface area contributed by atoms with Gasteiger partial charge in [-0.2, -0.15) is 4.99 Å². The Balaban J connectivity index is 2.02. The van der Waals surface area contributed by atoms with Crippen molar-refractivity contribution in [1.29, 1.82) is 0 Å². The third-order valence-corrected chi connectivity index (χ3v) is 10.4. The van der Waals surface area contributed by atoms with Crippen LogP contribution in [0, 0.1) is 5.92 Å². The van der Waals surface area contributed by atoms with Crippen LogP contribution in [0.2, 0.25) is 18.1 Å². The van der Waals surface area contributed by atoms with Gasteiger partial charge < -0.3 is 13.9 Å². The molecule has 0 aromatic rings. The SMILES string of the molecule is CC[C@H]1O[C@@H](C2C=CC(NC(=O)OC(C)(C)C)=NC2=O)CC1O[Si](C)(C)C(C)(C)C. The Labute approximate surface area is 181 Å². The highest BCUT2D eigenvalue weighted by Gasteiger charge is 2.46. The predicted octanol–water partition coefficient (Wildman–Crippen LogP) is 4.58. The van der Waals surface area contributed by atoms with Crippen molar-refractivity contribution in [3.05, 3.63) is 12.2 Å². The number of dihydropyridines is 1. The summed E-state index contributed by atoms with van der Waals surface area (Å²) in [6, 6.07) is 0. The van der Waals surface area contributed by atoms with Crippen LogP contribution < -0.4 is 5.32 Å². The molecule has 0 aromatic heterocycles. The first-order chi connectivity index (χ1) is 13.6. The highest BCUT2D eigenvalue weighted by molar-refractivity contribution is 6.74. The first-order valence-corrected chi connectivity index (χ1v) is 13.7. The molecule has 0 spiro atoms. The molecule has 2 amide bonds. The van der Waals surface area contributed by atoms with E-state index in [1.165, 1.54) is 0 Å². The molecule has 0 aromatic carbocycles. The van der Waals surface area contributed by atoms with E-state index in [9.17, 15) is 9.59 Å². The monoisotopic (exact) mass is 438 g/mol. The molecule has 7 nitrogen and oxygen atoms in total. The lowest BCUT2D eigenvalue weighted by atomic mass is 9.95. The third-order valence-electron chi connectivity index (χ3n) is 5.89. The van der Waals surface area contributed by atoms with E-state index >= 15 is 0 Å². The standard InChI is InChI=1S/C22H38N2O5Si/c1-10-15-17(29-30(8,9)22(5,6)7)13-16(27-15)14-11-12-18(23-19(14)25)24-20(26)28-21(2,3)4/h11-12,14-17H,10,13H2,1-9H3,(H,23,24,25,26)/t14?,15-,16-,17?/m1/s1. The number of hydrogen-bond acceptors (Lipinski definition) is 5. The zero-order valence-corrected chi connectivity index (χ0v) is 20.9. The van der Waals surface area contributed by atoms with E-state index in [0.717, 1.165) is 6.42 Å². The van der Waals surface area contributed by atoms with Gasteiger partial charge in [0.1, 0.15) is 11.4 Å². The lowest BCUT2D eigenvalue weighted by Gasteiger charge is -2.39. The molecule has 2 unspecified atom stereocenters. The maximum atomic E-state index is 12.7. The van der Waals surface area contributed by atoms with E-state index in [-0.39, 0.29) is 35.1 Å². The summed E-state index contributed by atoms with van der Waals surface area (Å²) in [6.45, 7) is 18.5. The van der Waals surface area contributed by atoms with Gasteiger partial charge in [0.15, 0.2) is 8.32 Å². The van der Waals surface area contributed by atoms with Gasteiger partial charge in [0.25, 0.3) is 5.91 Å². The second kappa shape index (κ2) is 8.92. The van der Waals surface area contributed by atoms with Gasteiger partial charge in [-0.05, 0) is 51.4 Å². The van der Waals surface area contributed by atoms with Crippen LogP contribution in [0.1, 0.15) is 61.3 Å². The molecule has 1 N–H and O–H groups in total. The molecule has 1 fully saturated rings. The molecule has 2 heterocycles. The summed E-state index contributed by atoms with van der Waals surface area (Å²) >= 11 is 0. The summed E-state index contributed by atoms with van der Waals surface area (Å²) in [7, 11) is -1.95. The molecule has 8 heteroatoms. The fourth-order valence-electron chi connectivity index (χ4n) is 3.29. The second-order valence-electron chi connectivity index (χ2n) is 10.6. The number of carbonyl (C=O) groups excluding carboxylic acids is 2. The van der Waals surface area contributed by atoms with Crippen molar-refractivity contribution in [2.75, 3.05) is 0 Å². The molecule has 0 radical (unpaired) electrons. The normalized spacial score (nSPS) is 27.8. The summed E-state index contributed by atoms with van der Waals surface area (Å²) < 4.78 is 18.0. The van der Waals surface area contributed by atoms with Gasteiger partial charge in [-0.25, -0.2) is 4.79 Å². The Morgan fingerprint density at radius 2 is 1.90 bits per heavy atom. The minimum Gasteiger partial charge on any atom is -0.444 e. The molecule has 2 aliphatic heterocycles. The van der Waals surface area contributed by atoms with E-state index in [1.807, 2.05) is 0 Å². The van der Waals surface area contributed by atoms with Gasteiger partial charge in [-0.15, -0.1) is 0 Å². The number of alkyl carbamates (subject to hydrolysis) is 1. The molecule has 30 heavy (non-hydrogen) atoms. The molecule has 0 saturated carbocycles. The molecular weight excluding hydrogens is 400 g/mol. The Bertz CT molecular complexity index is 718. The molecule has 4 atom stereocenters. The first-order valence-electron chi connectivity index (χ1n) is 10.8. The molecule has 2 aliphatic rings. The number of aliphatic imine (C=N–C) groups is 1. The summed E-state index contributed by atoms with van der Waals surface area (Å²) in [5, 5.41) is 2.62. The van der Waals surface area contributed by atoms with Crippen LogP contribution in [0.3, 0.4) is 0 Å². The van der Waals surface area contributed by atoms with Gasteiger partial charge in [0, 0.05) is 6.42 Å². The topological polar surface area (TPSA) is 86.2 Å². The average Bonchev–Trinajstić information content (AvgIpc) is 2.93.